The number of imidazole rings is 1. The minimum absolute atomic E-state index is 0.0235. The number of aryl methyl sites for hydroxylation is 1. The lowest BCUT2D eigenvalue weighted by atomic mass is 10.1. The molecule has 1 N–H and O–H groups in total. The van der Waals surface area contributed by atoms with Crippen molar-refractivity contribution in [1.82, 2.24) is 9.55 Å². The number of carboxylic acid groups (broad SMARTS) is 1. The van der Waals surface area contributed by atoms with Gasteiger partial charge in [-0.05, 0) is 12.1 Å². The minimum atomic E-state index is -1.11. The van der Waals surface area contributed by atoms with E-state index < -0.39 is 5.97 Å². The molecule has 0 unspecified atom stereocenters. The number of hydrogen-bond acceptors (Lipinski definition) is 4. The molecule has 0 saturated heterocycles. The van der Waals surface area contributed by atoms with Crippen LogP contribution in [-0.2, 0) is 12.8 Å². The third-order valence-electron chi connectivity index (χ3n) is 3.36. The highest BCUT2D eigenvalue weighted by Crippen LogP contribution is 2.23. The standard InChI is InChI=1S/C15H13N3O3S/c1-17-7-6-16-15(17)22-9-13-11(14(19)20)8-10-4-2-3-5-12(10)18(13)21/h2-8H,9H2,1H3,(H,19,20). The Morgan fingerprint density at radius 3 is 2.91 bits per heavy atom. The lowest BCUT2D eigenvalue weighted by Crippen LogP contribution is -2.35. The van der Waals surface area contributed by atoms with Crippen LogP contribution in [0.1, 0.15) is 16.1 Å². The maximum atomic E-state index is 12.5. The summed E-state index contributed by atoms with van der Waals surface area (Å²) in [7, 11) is 1.85. The molecule has 0 amide bonds. The number of pyridine rings is 1. The van der Waals surface area contributed by atoms with Crippen LogP contribution in [0.4, 0.5) is 0 Å². The summed E-state index contributed by atoms with van der Waals surface area (Å²) in [6.45, 7) is 0. The number of benzene rings is 1. The summed E-state index contributed by atoms with van der Waals surface area (Å²) in [5.41, 5.74) is 0.706. The molecule has 0 radical (unpaired) electrons. The normalized spacial score (nSPS) is 11.0. The van der Waals surface area contributed by atoms with Crippen molar-refractivity contribution in [3.05, 3.63) is 59.2 Å². The first-order chi connectivity index (χ1) is 10.6. The van der Waals surface area contributed by atoms with Gasteiger partial charge in [0.25, 0.3) is 0 Å². The smallest absolute Gasteiger partial charge is 0.342 e. The van der Waals surface area contributed by atoms with Crippen molar-refractivity contribution in [1.29, 1.82) is 0 Å². The number of hydrogen-bond donors (Lipinski definition) is 1. The van der Waals surface area contributed by atoms with Crippen LogP contribution in [0.25, 0.3) is 10.9 Å². The van der Waals surface area contributed by atoms with E-state index in [0.717, 1.165) is 5.16 Å². The topological polar surface area (TPSA) is 82.1 Å². The van der Waals surface area contributed by atoms with E-state index >= 15 is 0 Å². The maximum absolute atomic E-state index is 12.5. The molecule has 3 aromatic rings. The predicted molar refractivity (Wildman–Crippen MR) is 82.6 cm³/mol. The molecule has 22 heavy (non-hydrogen) atoms. The molecule has 7 heteroatoms. The summed E-state index contributed by atoms with van der Waals surface area (Å²) in [4.78, 5) is 15.6. The lowest BCUT2D eigenvalue weighted by molar-refractivity contribution is -0.584. The van der Waals surface area contributed by atoms with Crippen molar-refractivity contribution >= 4 is 28.6 Å². The molecule has 6 nitrogen and oxygen atoms in total. The van der Waals surface area contributed by atoms with Crippen molar-refractivity contribution in [3.63, 3.8) is 0 Å². The Balaban J connectivity index is 2.06. The molecule has 2 aromatic heterocycles. The van der Waals surface area contributed by atoms with Crippen LogP contribution >= 0.6 is 11.8 Å². The third-order valence-corrected chi connectivity index (χ3v) is 4.43. The molecule has 3 rings (SSSR count). The zero-order valence-corrected chi connectivity index (χ0v) is 12.6. The molecule has 2 heterocycles. The van der Waals surface area contributed by atoms with Gasteiger partial charge >= 0.3 is 5.97 Å². The largest absolute Gasteiger partial charge is 0.618 e. The van der Waals surface area contributed by atoms with Crippen molar-refractivity contribution in [2.24, 2.45) is 7.05 Å². The van der Waals surface area contributed by atoms with E-state index in [1.54, 1.807) is 42.7 Å². The maximum Gasteiger partial charge on any atom is 0.342 e. The van der Waals surface area contributed by atoms with Gasteiger partial charge in [0.1, 0.15) is 5.56 Å². The second kappa shape index (κ2) is 5.69. The molecule has 0 aliphatic heterocycles. The quantitative estimate of drug-likeness (QED) is 0.453. The summed E-state index contributed by atoms with van der Waals surface area (Å²) in [5, 5.41) is 23.2. The van der Waals surface area contributed by atoms with Gasteiger partial charge in [-0.15, -0.1) is 0 Å². The molecular formula is C15H13N3O3S. The molecule has 0 fully saturated rings. The van der Waals surface area contributed by atoms with Crippen LogP contribution in [0.5, 0.6) is 0 Å². The van der Waals surface area contributed by atoms with Gasteiger partial charge in [0, 0.05) is 30.9 Å². The van der Waals surface area contributed by atoms with Gasteiger partial charge in [0.05, 0.1) is 5.75 Å². The van der Waals surface area contributed by atoms with Crippen molar-refractivity contribution in [2.75, 3.05) is 0 Å². The molecule has 1 aromatic carbocycles. The Bertz CT molecular complexity index is 860. The number of thioether (sulfide) groups is 1. The van der Waals surface area contributed by atoms with E-state index in [9.17, 15) is 15.1 Å². The first kappa shape index (κ1) is 14.4. The molecule has 0 aliphatic carbocycles. The highest BCUT2D eigenvalue weighted by molar-refractivity contribution is 7.98. The van der Waals surface area contributed by atoms with Crippen molar-refractivity contribution in [2.45, 2.75) is 10.9 Å². The fourth-order valence-corrected chi connectivity index (χ4v) is 3.17. The van der Waals surface area contributed by atoms with Crippen LogP contribution in [-0.4, -0.2) is 20.6 Å². The second-order valence-corrected chi connectivity index (χ2v) is 5.71. The second-order valence-electron chi connectivity index (χ2n) is 4.77. The Morgan fingerprint density at radius 1 is 1.45 bits per heavy atom. The summed E-state index contributed by atoms with van der Waals surface area (Å²) in [6.07, 6.45) is 3.46. The molecule has 0 saturated carbocycles. The Labute approximate surface area is 130 Å². The van der Waals surface area contributed by atoms with Crippen LogP contribution in [0.3, 0.4) is 0 Å². The van der Waals surface area contributed by atoms with Gasteiger partial charge in [0.15, 0.2) is 5.16 Å². The summed E-state index contributed by atoms with van der Waals surface area (Å²) < 4.78 is 2.52. The molecular weight excluding hydrogens is 302 g/mol. The average Bonchev–Trinajstić information content (AvgIpc) is 2.91. The van der Waals surface area contributed by atoms with E-state index in [2.05, 4.69) is 4.98 Å². The molecule has 112 valence electrons. The van der Waals surface area contributed by atoms with Gasteiger partial charge in [-0.2, -0.15) is 4.73 Å². The summed E-state index contributed by atoms with van der Waals surface area (Å²) in [6, 6.07) is 8.48. The SMILES string of the molecule is Cn1ccnc1SCc1c(C(=O)O)cc2ccccc2[n+]1[O-]. The van der Waals surface area contributed by atoms with Crippen LogP contribution in [0.2, 0.25) is 0 Å². The van der Waals surface area contributed by atoms with Gasteiger partial charge in [-0.25, -0.2) is 9.78 Å². The highest BCUT2D eigenvalue weighted by atomic mass is 32.2. The molecule has 0 bridgehead atoms. The third kappa shape index (κ3) is 2.50. The minimum Gasteiger partial charge on any atom is -0.618 e. The van der Waals surface area contributed by atoms with E-state index in [0.29, 0.717) is 15.6 Å². The average molecular weight is 315 g/mol. The fraction of sp³-hybridized carbons (Fsp3) is 0.133. The van der Waals surface area contributed by atoms with Gasteiger partial charge < -0.3 is 14.9 Å². The van der Waals surface area contributed by atoms with Crippen LogP contribution < -0.4 is 4.73 Å². The van der Waals surface area contributed by atoms with Gasteiger partial charge in [-0.1, -0.05) is 23.9 Å². The number of carbonyl (C=O) groups is 1. The summed E-state index contributed by atoms with van der Waals surface area (Å²) in [5.74, 6) is -0.869. The first-order valence-corrected chi connectivity index (χ1v) is 7.54. The fourth-order valence-electron chi connectivity index (χ4n) is 2.23. The number of nitrogens with zero attached hydrogens (tertiary/aromatic N) is 3. The Morgan fingerprint density at radius 2 is 2.23 bits per heavy atom. The number of aromatic carboxylic acids is 1. The van der Waals surface area contributed by atoms with E-state index in [4.69, 9.17) is 0 Å². The monoisotopic (exact) mass is 315 g/mol. The van der Waals surface area contributed by atoms with E-state index in [-0.39, 0.29) is 17.0 Å². The molecule has 0 spiro atoms. The number of aromatic nitrogens is 3. The van der Waals surface area contributed by atoms with Gasteiger partial charge in [0.2, 0.25) is 11.2 Å². The number of para-hydroxylation sites is 1. The van der Waals surface area contributed by atoms with Crippen LogP contribution in [0, 0.1) is 5.21 Å². The molecule has 0 atom stereocenters. The number of fused-ring (bicyclic) bond motifs is 1. The van der Waals surface area contributed by atoms with E-state index in [1.165, 1.54) is 11.8 Å². The van der Waals surface area contributed by atoms with Crippen molar-refractivity contribution < 1.29 is 14.6 Å². The molecule has 0 aliphatic rings. The zero-order chi connectivity index (χ0) is 15.7. The van der Waals surface area contributed by atoms with Crippen LogP contribution in [0.15, 0.2) is 47.9 Å². The first-order valence-electron chi connectivity index (χ1n) is 6.55. The number of rotatable bonds is 4. The zero-order valence-electron chi connectivity index (χ0n) is 11.8. The Kier molecular flexibility index (Phi) is 3.72. The van der Waals surface area contributed by atoms with Crippen molar-refractivity contribution in [3.8, 4) is 0 Å². The summed E-state index contributed by atoms with van der Waals surface area (Å²) >= 11 is 1.33. The lowest BCUT2D eigenvalue weighted by Gasteiger charge is -2.10. The van der Waals surface area contributed by atoms with Gasteiger partial charge in [-0.3, -0.25) is 0 Å². The Hall–Kier alpha value is -2.54. The highest BCUT2D eigenvalue weighted by Gasteiger charge is 2.22. The van der Waals surface area contributed by atoms with E-state index in [1.807, 2.05) is 11.6 Å². The predicted octanol–water partition coefficient (Wildman–Crippen LogP) is 2.20. The number of carboxylic acids is 1.